The molecule has 1 aromatic carbocycles. The molecule has 4 nitrogen and oxygen atoms in total. The lowest BCUT2D eigenvalue weighted by Crippen LogP contribution is -2.08. The van der Waals surface area contributed by atoms with Crippen LogP contribution in [0.2, 0.25) is 0 Å². The van der Waals surface area contributed by atoms with Crippen molar-refractivity contribution in [3.63, 3.8) is 0 Å². The van der Waals surface area contributed by atoms with E-state index in [1.807, 2.05) is 19.2 Å². The van der Waals surface area contributed by atoms with Gasteiger partial charge in [0.05, 0.1) is 28.8 Å². The molecule has 2 aromatic rings. The Hall–Kier alpha value is -1.86. The van der Waals surface area contributed by atoms with Crippen LogP contribution in [0.1, 0.15) is 24.7 Å². The van der Waals surface area contributed by atoms with Crippen molar-refractivity contribution in [3.05, 3.63) is 29.6 Å². The van der Waals surface area contributed by atoms with Crippen LogP contribution < -0.4 is 0 Å². The number of hydrogen-bond acceptors (Lipinski definition) is 3. The van der Waals surface area contributed by atoms with E-state index < -0.39 is 0 Å². The Bertz CT molecular complexity index is 595. The van der Waals surface area contributed by atoms with Crippen molar-refractivity contribution in [1.82, 2.24) is 9.55 Å². The second kappa shape index (κ2) is 5.19. The van der Waals surface area contributed by atoms with E-state index in [-0.39, 0.29) is 6.10 Å². The fraction of sp³-hybridized carbons (Fsp3) is 0.429. The smallest absolute Gasteiger partial charge is 0.109 e. The summed E-state index contributed by atoms with van der Waals surface area (Å²) in [6, 6.07) is 7.74. The standard InChI is InChI=1S/C14H17N3O/c1-10(18-3)4-7-14-16-12-6-5-11(9-15)8-13(12)17(14)2/h5-6,8,10H,4,7H2,1-3H3. The highest BCUT2D eigenvalue weighted by Crippen LogP contribution is 2.18. The van der Waals surface area contributed by atoms with Crippen molar-refractivity contribution >= 4 is 11.0 Å². The van der Waals surface area contributed by atoms with E-state index in [1.54, 1.807) is 13.2 Å². The molecule has 18 heavy (non-hydrogen) atoms. The topological polar surface area (TPSA) is 50.8 Å². The first kappa shape index (κ1) is 12.6. The number of nitriles is 1. The second-order valence-electron chi connectivity index (χ2n) is 4.49. The lowest BCUT2D eigenvalue weighted by atomic mass is 10.2. The van der Waals surface area contributed by atoms with Gasteiger partial charge in [-0.1, -0.05) is 0 Å². The van der Waals surface area contributed by atoms with E-state index in [9.17, 15) is 0 Å². The summed E-state index contributed by atoms with van der Waals surface area (Å²) in [4.78, 5) is 4.59. The van der Waals surface area contributed by atoms with Crippen LogP contribution in [0.5, 0.6) is 0 Å². The number of aryl methyl sites for hydroxylation is 2. The first-order chi connectivity index (χ1) is 8.65. The van der Waals surface area contributed by atoms with E-state index in [2.05, 4.69) is 22.5 Å². The molecule has 0 N–H and O–H groups in total. The molecule has 1 unspecified atom stereocenters. The number of imidazole rings is 1. The van der Waals surface area contributed by atoms with E-state index in [1.165, 1.54) is 0 Å². The number of methoxy groups -OCH3 is 1. The summed E-state index contributed by atoms with van der Waals surface area (Å²) in [7, 11) is 3.71. The van der Waals surface area contributed by atoms with Gasteiger partial charge < -0.3 is 9.30 Å². The van der Waals surface area contributed by atoms with Gasteiger partial charge in [0.15, 0.2) is 0 Å². The molecule has 94 valence electrons. The average Bonchev–Trinajstić information content (AvgIpc) is 2.72. The summed E-state index contributed by atoms with van der Waals surface area (Å²) in [5, 5.41) is 8.91. The summed E-state index contributed by atoms with van der Waals surface area (Å²) in [5.41, 5.74) is 2.62. The molecule has 4 heteroatoms. The van der Waals surface area contributed by atoms with Crippen LogP contribution >= 0.6 is 0 Å². The molecule has 0 saturated heterocycles. The lowest BCUT2D eigenvalue weighted by molar-refractivity contribution is 0.110. The Labute approximate surface area is 107 Å². The van der Waals surface area contributed by atoms with Gasteiger partial charge in [-0.3, -0.25) is 0 Å². The van der Waals surface area contributed by atoms with Gasteiger partial charge in [0.25, 0.3) is 0 Å². The molecule has 1 heterocycles. The number of aromatic nitrogens is 2. The van der Waals surface area contributed by atoms with Crippen LogP contribution in [0.3, 0.4) is 0 Å². The fourth-order valence-electron chi connectivity index (χ4n) is 1.98. The Morgan fingerprint density at radius 1 is 1.50 bits per heavy atom. The molecule has 2 rings (SSSR count). The average molecular weight is 243 g/mol. The second-order valence-corrected chi connectivity index (χ2v) is 4.49. The highest BCUT2D eigenvalue weighted by molar-refractivity contribution is 5.77. The van der Waals surface area contributed by atoms with Gasteiger partial charge in [-0.15, -0.1) is 0 Å². The molecule has 0 spiro atoms. The summed E-state index contributed by atoms with van der Waals surface area (Å²) < 4.78 is 7.30. The maximum atomic E-state index is 8.91. The van der Waals surface area contributed by atoms with Gasteiger partial charge in [0, 0.05) is 20.6 Å². The van der Waals surface area contributed by atoms with Crippen molar-refractivity contribution in [2.45, 2.75) is 25.9 Å². The number of hydrogen-bond donors (Lipinski definition) is 0. The fourth-order valence-corrected chi connectivity index (χ4v) is 1.98. The highest BCUT2D eigenvalue weighted by Gasteiger charge is 2.09. The molecule has 0 radical (unpaired) electrons. The molecule has 0 bridgehead atoms. The van der Waals surface area contributed by atoms with Crippen molar-refractivity contribution in [3.8, 4) is 6.07 Å². The van der Waals surface area contributed by atoms with Crippen molar-refractivity contribution in [2.75, 3.05) is 7.11 Å². The third kappa shape index (κ3) is 2.36. The van der Waals surface area contributed by atoms with Gasteiger partial charge in [0.1, 0.15) is 5.82 Å². The van der Waals surface area contributed by atoms with Gasteiger partial charge in [-0.2, -0.15) is 5.26 Å². The predicted molar refractivity (Wildman–Crippen MR) is 70.2 cm³/mol. The normalized spacial score (nSPS) is 12.6. The van der Waals surface area contributed by atoms with E-state index in [0.717, 1.165) is 29.7 Å². The zero-order chi connectivity index (χ0) is 13.1. The minimum atomic E-state index is 0.236. The molecule has 1 atom stereocenters. The lowest BCUT2D eigenvalue weighted by Gasteiger charge is -2.08. The number of rotatable bonds is 4. The van der Waals surface area contributed by atoms with Gasteiger partial charge in [-0.25, -0.2) is 4.98 Å². The van der Waals surface area contributed by atoms with Gasteiger partial charge in [-0.05, 0) is 31.5 Å². The molecular formula is C14H17N3O. The molecule has 0 amide bonds. The summed E-state index contributed by atoms with van der Waals surface area (Å²) in [6.45, 7) is 2.05. The van der Waals surface area contributed by atoms with E-state index in [0.29, 0.717) is 5.56 Å². The molecule has 0 aliphatic rings. The zero-order valence-corrected chi connectivity index (χ0v) is 11.0. The Balaban J connectivity index is 2.30. The van der Waals surface area contributed by atoms with Crippen LogP contribution in [0.15, 0.2) is 18.2 Å². The van der Waals surface area contributed by atoms with Crippen LogP contribution in [-0.4, -0.2) is 22.8 Å². The van der Waals surface area contributed by atoms with Crippen molar-refractivity contribution < 1.29 is 4.74 Å². The van der Waals surface area contributed by atoms with E-state index in [4.69, 9.17) is 10.00 Å². The van der Waals surface area contributed by atoms with E-state index >= 15 is 0 Å². The van der Waals surface area contributed by atoms with Crippen LogP contribution in [0, 0.1) is 11.3 Å². The molecule has 0 fully saturated rings. The molecule has 0 aliphatic heterocycles. The first-order valence-corrected chi connectivity index (χ1v) is 6.04. The third-order valence-corrected chi connectivity index (χ3v) is 3.28. The summed E-state index contributed by atoms with van der Waals surface area (Å²) in [6.07, 6.45) is 2.06. The number of ether oxygens (including phenoxy) is 1. The SMILES string of the molecule is COC(C)CCc1nc2ccc(C#N)cc2n1C. The largest absolute Gasteiger partial charge is 0.382 e. The predicted octanol–water partition coefficient (Wildman–Crippen LogP) is 2.41. The van der Waals surface area contributed by atoms with Crippen molar-refractivity contribution in [2.24, 2.45) is 7.05 Å². The molecule has 0 aliphatic carbocycles. The number of fused-ring (bicyclic) bond motifs is 1. The molecular weight excluding hydrogens is 226 g/mol. The minimum Gasteiger partial charge on any atom is -0.382 e. The van der Waals surface area contributed by atoms with Crippen LogP contribution in [0.25, 0.3) is 11.0 Å². The number of nitrogens with zero attached hydrogens (tertiary/aromatic N) is 3. The quantitative estimate of drug-likeness (QED) is 0.828. The monoisotopic (exact) mass is 243 g/mol. The Morgan fingerprint density at radius 2 is 2.28 bits per heavy atom. The highest BCUT2D eigenvalue weighted by atomic mass is 16.5. The number of benzene rings is 1. The first-order valence-electron chi connectivity index (χ1n) is 6.04. The van der Waals surface area contributed by atoms with Gasteiger partial charge in [0.2, 0.25) is 0 Å². The maximum Gasteiger partial charge on any atom is 0.109 e. The van der Waals surface area contributed by atoms with Crippen molar-refractivity contribution in [1.29, 1.82) is 5.26 Å². The summed E-state index contributed by atoms with van der Waals surface area (Å²) >= 11 is 0. The zero-order valence-electron chi connectivity index (χ0n) is 11.0. The van der Waals surface area contributed by atoms with Crippen LogP contribution in [-0.2, 0) is 18.2 Å². The van der Waals surface area contributed by atoms with Crippen LogP contribution in [0.4, 0.5) is 0 Å². The Morgan fingerprint density at radius 3 is 2.94 bits per heavy atom. The minimum absolute atomic E-state index is 0.236. The maximum absolute atomic E-state index is 8.91. The molecule has 1 aromatic heterocycles. The summed E-state index contributed by atoms with van der Waals surface area (Å²) in [5.74, 6) is 1.03. The van der Waals surface area contributed by atoms with Gasteiger partial charge >= 0.3 is 0 Å². The molecule has 0 saturated carbocycles. The Kier molecular flexibility index (Phi) is 3.63. The third-order valence-electron chi connectivity index (χ3n) is 3.28.